The topological polar surface area (TPSA) is 24.1 Å². The standard InChI is InChI=1S/C15H32N2/c1-9-10(2)12(4)14(11(9)3)15(6,7)17-13(5)16-8/h9-14,16-17H,1-8H3. The van der Waals surface area contributed by atoms with Crippen molar-refractivity contribution in [1.82, 2.24) is 10.6 Å². The maximum absolute atomic E-state index is 3.74. The molecule has 5 atom stereocenters. The molecule has 2 N–H and O–H groups in total. The van der Waals surface area contributed by atoms with E-state index in [1.165, 1.54) is 0 Å². The zero-order chi connectivity index (χ0) is 13.4. The van der Waals surface area contributed by atoms with Gasteiger partial charge in [-0.15, -0.1) is 0 Å². The smallest absolute Gasteiger partial charge is 0.0544 e. The van der Waals surface area contributed by atoms with Crippen LogP contribution in [0.4, 0.5) is 0 Å². The molecular formula is C15H32N2. The van der Waals surface area contributed by atoms with Gasteiger partial charge in [0.05, 0.1) is 6.17 Å². The fourth-order valence-corrected chi connectivity index (χ4v) is 4.13. The van der Waals surface area contributed by atoms with Gasteiger partial charge in [0.2, 0.25) is 0 Å². The Morgan fingerprint density at radius 2 is 1.29 bits per heavy atom. The summed E-state index contributed by atoms with van der Waals surface area (Å²) in [4.78, 5) is 0. The van der Waals surface area contributed by atoms with Crippen LogP contribution in [-0.4, -0.2) is 18.8 Å². The van der Waals surface area contributed by atoms with Gasteiger partial charge < -0.3 is 5.32 Å². The second kappa shape index (κ2) is 5.27. The first-order valence-electron chi connectivity index (χ1n) is 7.17. The largest absolute Gasteiger partial charge is 0.305 e. The monoisotopic (exact) mass is 240 g/mol. The van der Waals surface area contributed by atoms with Gasteiger partial charge in [0, 0.05) is 5.54 Å². The highest BCUT2D eigenvalue weighted by molar-refractivity contribution is 5.00. The van der Waals surface area contributed by atoms with Gasteiger partial charge in [0.15, 0.2) is 0 Å². The lowest BCUT2D eigenvalue weighted by Crippen LogP contribution is -2.56. The van der Waals surface area contributed by atoms with E-state index in [1.807, 2.05) is 7.05 Å². The molecule has 0 amide bonds. The molecule has 0 saturated heterocycles. The van der Waals surface area contributed by atoms with Crippen molar-refractivity contribution in [2.24, 2.45) is 29.6 Å². The first-order valence-corrected chi connectivity index (χ1v) is 7.17. The van der Waals surface area contributed by atoms with Gasteiger partial charge in [0.1, 0.15) is 0 Å². The van der Waals surface area contributed by atoms with Crippen LogP contribution in [0.3, 0.4) is 0 Å². The SMILES string of the molecule is CNC(C)NC(C)(C)C1C(C)C(C)C(C)C1C. The lowest BCUT2D eigenvalue weighted by molar-refractivity contribution is 0.143. The van der Waals surface area contributed by atoms with Crippen LogP contribution in [0.2, 0.25) is 0 Å². The van der Waals surface area contributed by atoms with Crippen molar-refractivity contribution in [3.63, 3.8) is 0 Å². The van der Waals surface area contributed by atoms with Gasteiger partial charge in [-0.2, -0.15) is 0 Å². The normalized spacial score (nSPS) is 40.6. The molecule has 0 radical (unpaired) electrons. The summed E-state index contributed by atoms with van der Waals surface area (Å²) in [5.74, 6) is 4.02. The summed E-state index contributed by atoms with van der Waals surface area (Å²) in [5, 5.41) is 7.02. The average molecular weight is 240 g/mol. The molecule has 1 saturated carbocycles. The molecule has 2 nitrogen and oxygen atoms in total. The van der Waals surface area contributed by atoms with Crippen LogP contribution in [0.5, 0.6) is 0 Å². The minimum absolute atomic E-state index is 0.195. The summed E-state index contributed by atoms with van der Waals surface area (Å²) < 4.78 is 0. The Morgan fingerprint density at radius 3 is 1.65 bits per heavy atom. The average Bonchev–Trinajstić information content (AvgIpc) is 2.42. The van der Waals surface area contributed by atoms with Crippen molar-refractivity contribution >= 4 is 0 Å². The van der Waals surface area contributed by atoms with Crippen LogP contribution in [0, 0.1) is 29.6 Å². The molecule has 0 aromatic rings. The van der Waals surface area contributed by atoms with Gasteiger partial charge >= 0.3 is 0 Å². The van der Waals surface area contributed by atoms with Gasteiger partial charge in [0.25, 0.3) is 0 Å². The molecule has 0 aromatic carbocycles. The van der Waals surface area contributed by atoms with Crippen LogP contribution in [-0.2, 0) is 0 Å². The fraction of sp³-hybridized carbons (Fsp3) is 1.00. The third kappa shape index (κ3) is 2.85. The molecule has 0 aromatic heterocycles. The van der Waals surface area contributed by atoms with Crippen molar-refractivity contribution in [3.05, 3.63) is 0 Å². The van der Waals surface area contributed by atoms with E-state index in [2.05, 4.69) is 59.1 Å². The minimum atomic E-state index is 0.195. The van der Waals surface area contributed by atoms with E-state index in [0.717, 1.165) is 29.6 Å². The van der Waals surface area contributed by atoms with Gasteiger partial charge in [-0.25, -0.2) is 0 Å². The zero-order valence-electron chi connectivity index (χ0n) is 13.0. The number of rotatable bonds is 4. The summed E-state index contributed by atoms with van der Waals surface area (Å²) in [5.41, 5.74) is 0.195. The van der Waals surface area contributed by atoms with Crippen molar-refractivity contribution in [2.45, 2.75) is 60.2 Å². The Hall–Kier alpha value is -0.0800. The van der Waals surface area contributed by atoms with E-state index in [4.69, 9.17) is 0 Å². The molecule has 1 aliphatic carbocycles. The molecular weight excluding hydrogens is 208 g/mol. The molecule has 1 rings (SSSR count). The minimum Gasteiger partial charge on any atom is -0.305 e. The first kappa shape index (κ1) is 15.0. The second-order valence-electron chi connectivity index (χ2n) is 6.84. The van der Waals surface area contributed by atoms with Gasteiger partial charge in [-0.3, -0.25) is 5.32 Å². The quantitative estimate of drug-likeness (QED) is 0.738. The van der Waals surface area contributed by atoms with E-state index >= 15 is 0 Å². The fourth-order valence-electron chi connectivity index (χ4n) is 4.13. The van der Waals surface area contributed by atoms with Crippen LogP contribution in [0.1, 0.15) is 48.5 Å². The van der Waals surface area contributed by atoms with Crippen molar-refractivity contribution in [2.75, 3.05) is 7.05 Å². The van der Waals surface area contributed by atoms with E-state index in [0.29, 0.717) is 6.17 Å². The lowest BCUT2D eigenvalue weighted by atomic mass is 9.75. The molecule has 5 unspecified atom stereocenters. The van der Waals surface area contributed by atoms with Gasteiger partial charge in [-0.1, -0.05) is 27.7 Å². The maximum Gasteiger partial charge on any atom is 0.0544 e. The Balaban J connectivity index is 2.83. The Kier molecular flexibility index (Phi) is 4.65. The molecule has 2 heteroatoms. The Labute approximate surface area is 108 Å². The summed E-state index contributed by atoms with van der Waals surface area (Å²) in [7, 11) is 2.01. The van der Waals surface area contributed by atoms with E-state index in [-0.39, 0.29) is 5.54 Å². The summed E-state index contributed by atoms with van der Waals surface area (Å²) in [6.07, 6.45) is 0.371. The number of hydrogen-bond acceptors (Lipinski definition) is 2. The Bertz CT molecular complexity index is 235. The molecule has 1 fully saturated rings. The second-order valence-corrected chi connectivity index (χ2v) is 6.84. The van der Waals surface area contributed by atoms with E-state index in [1.54, 1.807) is 0 Å². The van der Waals surface area contributed by atoms with E-state index in [9.17, 15) is 0 Å². The number of nitrogens with one attached hydrogen (secondary N) is 2. The highest BCUT2D eigenvalue weighted by Crippen LogP contribution is 2.49. The van der Waals surface area contributed by atoms with Crippen LogP contribution >= 0.6 is 0 Å². The van der Waals surface area contributed by atoms with Crippen molar-refractivity contribution in [1.29, 1.82) is 0 Å². The van der Waals surface area contributed by atoms with Crippen LogP contribution in [0.25, 0.3) is 0 Å². The van der Waals surface area contributed by atoms with Crippen molar-refractivity contribution in [3.8, 4) is 0 Å². The highest BCUT2D eigenvalue weighted by atomic mass is 15.1. The summed E-state index contributed by atoms with van der Waals surface area (Å²) >= 11 is 0. The first-order chi connectivity index (χ1) is 7.72. The zero-order valence-corrected chi connectivity index (χ0v) is 13.0. The highest BCUT2D eigenvalue weighted by Gasteiger charge is 2.48. The predicted octanol–water partition coefficient (Wildman–Crippen LogP) is 3.09. The van der Waals surface area contributed by atoms with E-state index < -0.39 is 0 Å². The third-order valence-electron chi connectivity index (χ3n) is 5.48. The molecule has 1 aliphatic rings. The van der Waals surface area contributed by atoms with Crippen molar-refractivity contribution < 1.29 is 0 Å². The maximum atomic E-state index is 3.74. The van der Waals surface area contributed by atoms with Crippen LogP contribution < -0.4 is 10.6 Å². The third-order valence-corrected chi connectivity index (χ3v) is 5.48. The molecule has 0 heterocycles. The van der Waals surface area contributed by atoms with Crippen LogP contribution in [0.15, 0.2) is 0 Å². The lowest BCUT2D eigenvalue weighted by Gasteiger charge is -2.41. The Morgan fingerprint density at radius 1 is 0.882 bits per heavy atom. The summed E-state index contributed by atoms with van der Waals surface area (Å²) in [6.45, 7) is 16.6. The molecule has 0 spiro atoms. The molecule has 102 valence electrons. The number of hydrogen-bond donors (Lipinski definition) is 2. The summed E-state index contributed by atoms with van der Waals surface area (Å²) in [6, 6.07) is 0. The molecule has 0 aliphatic heterocycles. The van der Waals surface area contributed by atoms with Gasteiger partial charge in [-0.05, 0) is 57.4 Å². The molecule has 17 heavy (non-hydrogen) atoms. The predicted molar refractivity (Wildman–Crippen MR) is 75.9 cm³/mol. The molecule has 0 bridgehead atoms.